The summed E-state index contributed by atoms with van der Waals surface area (Å²) in [5, 5.41) is 12.4. The number of aliphatic hydroxyl groups is 1. The first-order valence-electron chi connectivity index (χ1n) is 12.7. The number of carbonyl (C=O) groups excluding carboxylic acids is 3. The standard InChI is InChI=1S/C29H29N3O5/c33-24-14-29(15-24)17-31(18-29)26(34)13-23-12-20-4-1-2-5-21(20)16-32(23)28(36)19-7-9-22(10-8-19)30-27(35)25-6-3-11-37-25/h1-11,23-24,33H,12-18H2,(H,30,35)/t23-/m0/s1. The van der Waals surface area contributed by atoms with Gasteiger partial charge in [0.25, 0.3) is 11.8 Å². The molecule has 1 aromatic heterocycles. The third-order valence-electron chi connectivity index (χ3n) is 7.90. The summed E-state index contributed by atoms with van der Waals surface area (Å²) in [6, 6.07) is 17.8. The number of likely N-dealkylation sites (tertiary alicyclic amines) is 1. The first-order chi connectivity index (χ1) is 17.9. The number of rotatable bonds is 5. The molecular formula is C29H29N3O5. The Hall–Kier alpha value is -3.91. The van der Waals surface area contributed by atoms with Crippen molar-refractivity contribution < 1.29 is 23.9 Å². The zero-order valence-corrected chi connectivity index (χ0v) is 20.4. The van der Waals surface area contributed by atoms with Gasteiger partial charge in [0, 0.05) is 48.8 Å². The van der Waals surface area contributed by atoms with Crippen molar-refractivity contribution in [2.75, 3.05) is 18.4 Å². The molecule has 2 aromatic carbocycles. The van der Waals surface area contributed by atoms with Crippen LogP contribution < -0.4 is 5.32 Å². The molecule has 3 aliphatic rings. The number of benzene rings is 2. The summed E-state index contributed by atoms with van der Waals surface area (Å²) < 4.78 is 5.12. The first kappa shape index (κ1) is 23.5. The van der Waals surface area contributed by atoms with Crippen LogP contribution in [0.3, 0.4) is 0 Å². The van der Waals surface area contributed by atoms with Gasteiger partial charge in [-0.3, -0.25) is 14.4 Å². The van der Waals surface area contributed by atoms with E-state index in [1.807, 2.05) is 23.1 Å². The number of nitrogens with zero attached hydrogens (tertiary/aromatic N) is 2. The lowest BCUT2D eigenvalue weighted by molar-refractivity contribution is -0.163. The number of furan rings is 1. The number of hydrogen-bond donors (Lipinski definition) is 2. The Morgan fingerprint density at radius 3 is 2.38 bits per heavy atom. The zero-order valence-electron chi connectivity index (χ0n) is 20.4. The van der Waals surface area contributed by atoms with E-state index in [1.54, 1.807) is 41.3 Å². The van der Waals surface area contributed by atoms with Crippen LogP contribution in [0.25, 0.3) is 0 Å². The summed E-state index contributed by atoms with van der Waals surface area (Å²) in [5.41, 5.74) is 3.43. The lowest BCUT2D eigenvalue weighted by Gasteiger charge is -2.58. The summed E-state index contributed by atoms with van der Waals surface area (Å²) in [5.74, 6) is -0.232. The number of anilines is 1. The molecule has 0 radical (unpaired) electrons. The Balaban J connectivity index is 1.16. The summed E-state index contributed by atoms with van der Waals surface area (Å²) in [7, 11) is 0. The maximum atomic E-state index is 13.6. The smallest absolute Gasteiger partial charge is 0.291 e. The normalized spacial score (nSPS) is 20.1. The molecule has 6 rings (SSSR count). The molecule has 1 saturated carbocycles. The summed E-state index contributed by atoms with van der Waals surface area (Å²) in [6.45, 7) is 1.84. The van der Waals surface area contributed by atoms with Crippen molar-refractivity contribution in [3.05, 3.63) is 89.4 Å². The first-order valence-corrected chi connectivity index (χ1v) is 12.7. The fourth-order valence-electron chi connectivity index (χ4n) is 5.94. The second kappa shape index (κ2) is 9.19. The van der Waals surface area contributed by atoms with E-state index in [1.165, 1.54) is 11.8 Å². The van der Waals surface area contributed by atoms with Crippen molar-refractivity contribution in [1.82, 2.24) is 9.80 Å². The van der Waals surface area contributed by atoms with E-state index in [0.29, 0.717) is 37.3 Å². The number of fused-ring (bicyclic) bond motifs is 1. The van der Waals surface area contributed by atoms with Crippen LogP contribution in [0.15, 0.2) is 71.3 Å². The molecule has 1 aliphatic carbocycles. The minimum absolute atomic E-state index is 0.0604. The minimum Gasteiger partial charge on any atom is -0.459 e. The average Bonchev–Trinajstić information content (AvgIpc) is 3.40. The van der Waals surface area contributed by atoms with Crippen LogP contribution in [-0.2, 0) is 17.8 Å². The molecule has 3 aromatic rings. The summed E-state index contributed by atoms with van der Waals surface area (Å²) >= 11 is 0. The van der Waals surface area contributed by atoms with Gasteiger partial charge in [0.15, 0.2) is 5.76 Å². The SMILES string of the molecule is O=C(Nc1ccc(C(=O)N2Cc3ccccc3C[C@H]2CC(=O)N2CC3(CC(O)C3)C2)cc1)c1ccco1. The molecule has 2 fully saturated rings. The molecule has 3 amide bonds. The third-order valence-corrected chi connectivity index (χ3v) is 7.90. The molecule has 1 atom stereocenters. The molecule has 2 aliphatic heterocycles. The molecule has 8 heteroatoms. The van der Waals surface area contributed by atoms with Gasteiger partial charge in [0.2, 0.25) is 5.91 Å². The van der Waals surface area contributed by atoms with E-state index < -0.39 is 0 Å². The monoisotopic (exact) mass is 499 g/mol. The lowest BCUT2D eigenvalue weighted by atomic mass is 9.62. The zero-order chi connectivity index (χ0) is 25.6. The van der Waals surface area contributed by atoms with Gasteiger partial charge < -0.3 is 24.6 Å². The van der Waals surface area contributed by atoms with Crippen molar-refractivity contribution >= 4 is 23.4 Å². The molecule has 1 spiro atoms. The van der Waals surface area contributed by atoms with Gasteiger partial charge >= 0.3 is 0 Å². The number of amides is 3. The van der Waals surface area contributed by atoms with Gasteiger partial charge in [0.1, 0.15) is 0 Å². The van der Waals surface area contributed by atoms with Crippen molar-refractivity contribution in [3.8, 4) is 0 Å². The van der Waals surface area contributed by atoms with Gasteiger partial charge in [-0.15, -0.1) is 0 Å². The van der Waals surface area contributed by atoms with E-state index in [-0.39, 0.29) is 47.5 Å². The maximum Gasteiger partial charge on any atom is 0.291 e. The molecule has 1 saturated heterocycles. The molecule has 190 valence electrons. The Labute approximate surface area is 214 Å². The van der Waals surface area contributed by atoms with Crippen LogP contribution in [0.2, 0.25) is 0 Å². The number of nitrogens with one attached hydrogen (secondary N) is 1. The largest absolute Gasteiger partial charge is 0.459 e. The summed E-state index contributed by atoms with van der Waals surface area (Å²) in [4.78, 5) is 42.7. The fraction of sp³-hybridized carbons (Fsp3) is 0.345. The molecule has 2 N–H and O–H groups in total. The quantitative estimate of drug-likeness (QED) is 0.560. The molecule has 0 unspecified atom stereocenters. The highest BCUT2D eigenvalue weighted by Crippen LogP contribution is 2.48. The molecular weight excluding hydrogens is 470 g/mol. The topological polar surface area (TPSA) is 103 Å². The van der Waals surface area contributed by atoms with Crippen molar-refractivity contribution in [2.24, 2.45) is 5.41 Å². The van der Waals surface area contributed by atoms with Gasteiger partial charge in [-0.25, -0.2) is 0 Å². The molecule has 37 heavy (non-hydrogen) atoms. The van der Waals surface area contributed by atoms with Crippen LogP contribution in [-0.4, -0.2) is 57.9 Å². The Kier molecular flexibility index (Phi) is 5.83. The highest BCUT2D eigenvalue weighted by atomic mass is 16.3. The molecule has 8 nitrogen and oxygen atoms in total. The van der Waals surface area contributed by atoms with Crippen LogP contribution in [0.4, 0.5) is 5.69 Å². The highest BCUT2D eigenvalue weighted by Gasteiger charge is 2.53. The Morgan fingerprint density at radius 2 is 1.70 bits per heavy atom. The van der Waals surface area contributed by atoms with E-state index in [4.69, 9.17) is 4.42 Å². The Morgan fingerprint density at radius 1 is 0.973 bits per heavy atom. The van der Waals surface area contributed by atoms with Crippen LogP contribution >= 0.6 is 0 Å². The summed E-state index contributed by atoms with van der Waals surface area (Å²) in [6.07, 6.45) is 3.65. The fourth-order valence-corrected chi connectivity index (χ4v) is 5.94. The van der Waals surface area contributed by atoms with Gasteiger partial charge in [-0.05, 0) is 66.8 Å². The van der Waals surface area contributed by atoms with Gasteiger partial charge in [-0.2, -0.15) is 0 Å². The maximum absolute atomic E-state index is 13.6. The predicted molar refractivity (Wildman–Crippen MR) is 136 cm³/mol. The third kappa shape index (κ3) is 4.53. The van der Waals surface area contributed by atoms with E-state index >= 15 is 0 Å². The van der Waals surface area contributed by atoms with E-state index in [9.17, 15) is 19.5 Å². The van der Waals surface area contributed by atoms with E-state index in [0.717, 1.165) is 18.4 Å². The second-order valence-electron chi connectivity index (χ2n) is 10.6. The van der Waals surface area contributed by atoms with Gasteiger partial charge in [0.05, 0.1) is 12.4 Å². The predicted octanol–water partition coefficient (Wildman–Crippen LogP) is 3.47. The van der Waals surface area contributed by atoms with E-state index in [2.05, 4.69) is 11.4 Å². The average molecular weight is 500 g/mol. The number of carbonyl (C=O) groups is 3. The Bertz CT molecular complexity index is 1320. The molecule has 0 bridgehead atoms. The van der Waals surface area contributed by atoms with Gasteiger partial charge in [-0.1, -0.05) is 24.3 Å². The molecule has 3 heterocycles. The minimum atomic E-state index is -0.362. The highest BCUT2D eigenvalue weighted by molar-refractivity contribution is 6.02. The van der Waals surface area contributed by atoms with Crippen molar-refractivity contribution in [1.29, 1.82) is 0 Å². The van der Waals surface area contributed by atoms with Crippen LogP contribution in [0.1, 0.15) is 51.3 Å². The lowest BCUT2D eigenvalue weighted by Crippen LogP contribution is -2.65. The van der Waals surface area contributed by atoms with Crippen LogP contribution in [0.5, 0.6) is 0 Å². The number of hydrogen-bond acceptors (Lipinski definition) is 5. The number of aliphatic hydroxyl groups excluding tert-OH is 1. The van der Waals surface area contributed by atoms with Crippen molar-refractivity contribution in [3.63, 3.8) is 0 Å². The van der Waals surface area contributed by atoms with Crippen molar-refractivity contribution in [2.45, 2.75) is 44.4 Å². The van der Waals surface area contributed by atoms with Crippen LogP contribution in [0, 0.1) is 5.41 Å². The second-order valence-corrected chi connectivity index (χ2v) is 10.6.